The van der Waals surface area contributed by atoms with Crippen molar-refractivity contribution in [2.75, 3.05) is 0 Å². The summed E-state index contributed by atoms with van der Waals surface area (Å²) in [6.07, 6.45) is 2.24. The van der Waals surface area contributed by atoms with E-state index in [1.54, 1.807) is 24.3 Å². The zero-order valence-electron chi connectivity index (χ0n) is 8.93. The molecule has 4 heteroatoms. The quantitative estimate of drug-likeness (QED) is 0.883. The van der Waals surface area contributed by atoms with Crippen molar-refractivity contribution in [3.8, 4) is 11.1 Å². The number of carboxylic acid groups (broad SMARTS) is 1. The third kappa shape index (κ3) is 2.47. The smallest absolute Gasteiger partial charge is 0.307 e. The Morgan fingerprint density at radius 2 is 1.94 bits per heavy atom. The van der Waals surface area contributed by atoms with E-state index in [0.29, 0.717) is 16.7 Å². The van der Waals surface area contributed by atoms with Gasteiger partial charge in [0.25, 0.3) is 0 Å². The number of rotatable bonds is 3. The second-order valence-electron chi connectivity index (χ2n) is 3.59. The Kier molecular flexibility index (Phi) is 3.14. The predicted molar refractivity (Wildman–Crippen MR) is 61.0 cm³/mol. The lowest BCUT2D eigenvalue weighted by Gasteiger charge is -2.08. The normalized spacial score (nSPS) is 10.2. The molecule has 0 saturated carbocycles. The van der Waals surface area contributed by atoms with Crippen LogP contribution in [-0.2, 0) is 11.2 Å². The molecule has 1 aromatic heterocycles. The molecule has 0 radical (unpaired) electrons. The van der Waals surface area contributed by atoms with Crippen molar-refractivity contribution in [2.45, 2.75) is 6.42 Å². The highest BCUT2D eigenvalue weighted by molar-refractivity contribution is 5.76. The van der Waals surface area contributed by atoms with Crippen LogP contribution in [0, 0.1) is 5.82 Å². The van der Waals surface area contributed by atoms with Crippen LogP contribution in [-0.4, -0.2) is 16.1 Å². The summed E-state index contributed by atoms with van der Waals surface area (Å²) in [4.78, 5) is 14.4. The summed E-state index contributed by atoms with van der Waals surface area (Å²) in [6, 6.07) is 8.85. The molecule has 0 saturated heterocycles. The van der Waals surface area contributed by atoms with Gasteiger partial charge in [-0.05, 0) is 11.1 Å². The summed E-state index contributed by atoms with van der Waals surface area (Å²) < 4.78 is 13.7. The van der Waals surface area contributed by atoms with Crippen molar-refractivity contribution in [3.63, 3.8) is 0 Å². The van der Waals surface area contributed by atoms with Crippen LogP contribution in [0.5, 0.6) is 0 Å². The van der Waals surface area contributed by atoms with Gasteiger partial charge < -0.3 is 5.11 Å². The minimum atomic E-state index is -1.01. The van der Waals surface area contributed by atoms with E-state index in [1.165, 1.54) is 6.20 Å². The molecule has 1 heterocycles. The number of carboxylic acids is 1. The zero-order valence-corrected chi connectivity index (χ0v) is 8.93. The monoisotopic (exact) mass is 231 g/mol. The number of aromatic nitrogens is 1. The number of nitrogens with zero attached hydrogens (tertiary/aromatic N) is 1. The number of carbonyl (C=O) groups is 1. The number of pyridine rings is 1. The van der Waals surface area contributed by atoms with Crippen molar-refractivity contribution in [2.24, 2.45) is 0 Å². The second kappa shape index (κ2) is 4.74. The molecule has 0 fully saturated rings. The van der Waals surface area contributed by atoms with Crippen LogP contribution in [0.15, 0.2) is 42.7 Å². The van der Waals surface area contributed by atoms with Crippen LogP contribution in [0.2, 0.25) is 0 Å². The third-order valence-electron chi connectivity index (χ3n) is 2.38. The molecule has 0 bridgehead atoms. The van der Waals surface area contributed by atoms with Gasteiger partial charge in [-0.2, -0.15) is 0 Å². The summed E-state index contributed by atoms with van der Waals surface area (Å²) in [5, 5.41) is 8.78. The maximum Gasteiger partial charge on any atom is 0.307 e. The molecule has 0 aliphatic carbocycles. The second-order valence-corrected chi connectivity index (χ2v) is 3.59. The minimum Gasteiger partial charge on any atom is -0.481 e. The van der Waals surface area contributed by atoms with Crippen LogP contribution in [0.4, 0.5) is 4.39 Å². The third-order valence-corrected chi connectivity index (χ3v) is 2.38. The fourth-order valence-corrected chi connectivity index (χ4v) is 1.70. The molecule has 0 amide bonds. The van der Waals surface area contributed by atoms with Crippen LogP contribution in [0.1, 0.15) is 5.56 Å². The first-order chi connectivity index (χ1) is 8.18. The van der Waals surface area contributed by atoms with Crippen LogP contribution >= 0.6 is 0 Å². The summed E-state index contributed by atoms with van der Waals surface area (Å²) in [7, 11) is 0. The fraction of sp³-hybridized carbons (Fsp3) is 0.0769. The van der Waals surface area contributed by atoms with Gasteiger partial charge in [0, 0.05) is 11.8 Å². The molecule has 1 aromatic carbocycles. The lowest BCUT2D eigenvalue weighted by atomic mass is 9.99. The Labute approximate surface area is 97.6 Å². The van der Waals surface area contributed by atoms with Gasteiger partial charge in [-0.25, -0.2) is 4.39 Å². The van der Waals surface area contributed by atoms with Gasteiger partial charge in [-0.3, -0.25) is 9.78 Å². The van der Waals surface area contributed by atoms with Gasteiger partial charge in [-0.15, -0.1) is 0 Å². The fourth-order valence-electron chi connectivity index (χ4n) is 1.70. The van der Waals surface area contributed by atoms with Gasteiger partial charge >= 0.3 is 5.97 Å². The van der Waals surface area contributed by atoms with Gasteiger partial charge in [0.05, 0.1) is 12.6 Å². The largest absolute Gasteiger partial charge is 0.481 e. The Bertz CT molecular complexity index is 540. The minimum absolute atomic E-state index is 0.241. The Hall–Kier alpha value is -2.23. The highest BCUT2D eigenvalue weighted by Gasteiger charge is 2.13. The summed E-state index contributed by atoms with van der Waals surface area (Å²) in [5.74, 6) is -1.51. The van der Waals surface area contributed by atoms with Crippen LogP contribution < -0.4 is 0 Å². The maximum atomic E-state index is 13.7. The van der Waals surface area contributed by atoms with Crippen molar-refractivity contribution in [1.82, 2.24) is 4.98 Å². The lowest BCUT2D eigenvalue weighted by molar-refractivity contribution is -0.136. The van der Waals surface area contributed by atoms with E-state index in [1.807, 2.05) is 6.07 Å². The SMILES string of the molecule is O=C(O)Cc1cncc(F)c1-c1ccccc1. The topological polar surface area (TPSA) is 50.2 Å². The Morgan fingerprint density at radius 1 is 1.24 bits per heavy atom. The molecule has 1 N–H and O–H groups in total. The maximum absolute atomic E-state index is 13.7. The first kappa shape index (κ1) is 11.3. The molecule has 3 nitrogen and oxygen atoms in total. The molecule has 86 valence electrons. The number of hydrogen-bond acceptors (Lipinski definition) is 2. The zero-order chi connectivity index (χ0) is 12.3. The van der Waals surface area contributed by atoms with Gasteiger partial charge in [0.15, 0.2) is 0 Å². The van der Waals surface area contributed by atoms with E-state index < -0.39 is 11.8 Å². The summed E-state index contributed by atoms with van der Waals surface area (Å²) >= 11 is 0. The molecular weight excluding hydrogens is 221 g/mol. The summed E-state index contributed by atoms with van der Waals surface area (Å²) in [5.41, 5.74) is 1.34. The van der Waals surface area contributed by atoms with Crippen molar-refractivity contribution < 1.29 is 14.3 Å². The van der Waals surface area contributed by atoms with Gasteiger partial charge in [-0.1, -0.05) is 30.3 Å². The molecule has 17 heavy (non-hydrogen) atoms. The number of halogens is 1. The standard InChI is InChI=1S/C13H10FNO2/c14-11-8-15-7-10(6-12(16)17)13(11)9-4-2-1-3-5-9/h1-5,7-8H,6H2,(H,16,17). The van der Waals surface area contributed by atoms with Gasteiger partial charge in [0.1, 0.15) is 5.82 Å². The predicted octanol–water partition coefficient (Wildman–Crippen LogP) is 2.51. The van der Waals surface area contributed by atoms with Crippen molar-refractivity contribution >= 4 is 5.97 Å². The average molecular weight is 231 g/mol. The number of hydrogen-bond donors (Lipinski definition) is 1. The summed E-state index contributed by atoms with van der Waals surface area (Å²) in [6.45, 7) is 0. The first-order valence-corrected chi connectivity index (χ1v) is 5.08. The highest BCUT2D eigenvalue weighted by atomic mass is 19.1. The molecule has 0 unspecified atom stereocenters. The van der Waals surface area contributed by atoms with Gasteiger partial charge in [0.2, 0.25) is 0 Å². The van der Waals surface area contributed by atoms with E-state index in [-0.39, 0.29) is 6.42 Å². The van der Waals surface area contributed by atoms with Crippen molar-refractivity contribution in [3.05, 3.63) is 54.1 Å². The van der Waals surface area contributed by atoms with E-state index in [9.17, 15) is 9.18 Å². The lowest BCUT2D eigenvalue weighted by Crippen LogP contribution is -2.04. The number of benzene rings is 1. The van der Waals surface area contributed by atoms with Crippen molar-refractivity contribution in [1.29, 1.82) is 0 Å². The van der Waals surface area contributed by atoms with E-state index >= 15 is 0 Å². The average Bonchev–Trinajstić information content (AvgIpc) is 2.29. The molecule has 0 aliphatic rings. The van der Waals surface area contributed by atoms with Crippen LogP contribution in [0.3, 0.4) is 0 Å². The molecule has 0 spiro atoms. The molecule has 0 atom stereocenters. The highest BCUT2D eigenvalue weighted by Crippen LogP contribution is 2.26. The molecular formula is C13H10FNO2. The Morgan fingerprint density at radius 3 is 2.59 bits per heavy atom. The van der Waals surface area contributed by atoms with E-state index in [2.05, 4.69) is 4.98 Å². The molecule has 2 aromatic rings. The molecule has 2 rings (SSSR count). The van der Waals surface area contributed by atoms with Crippen LogP contribution in [0.25, 0.3) is 11.1 Å². The van der Waals surface area contributed by atoms with E-state index in [0.717, 1.165) is 6.20 Å². The van der Waals surface area contributed by atoms with E-state index in [4.69, 9.17) is 5.11 Å². The first-order valence-electron chi connectivity index (χ1n) is 5.08. The number of aliphatic carboxylic acids is 1. The Balaban J connectivity index is 2.55. The molecule has 0 aliphatic heterocycles.